The average Bonchev–Trinajstić information content (AvgIpc) is 3.11. The van der Waals surface area contributed by atoms with Crippen LogP contribution in [0.2, 0.25) is 0 Å². The van der Waals surface area contributed by atoms with E-state index in [2.05, 4.69) is 6.92 Å². The summed E-state index contributed by atoms with van der Waals surface area (Å²) in [6.45, 7) is 3.48. The Hall–Kier alpha value is -2.95. The van der Waals surface area contributed by atoms with Gasteiger partial charge in [0.1, 0.15) is 11.6 Å². The molecule has 0 saturated carbocycles. The summed E-state index contributed by atoms with van der Waals surface area (Å²) in [5.74, 6) is -1.10. The molecule has 146 valence electrons. The first-order valence-electron chi connectivity index (χ1n) is 9.50. The van der Waals surface area contributed by atoms with Crippen LogP contribution in [0.15, 0.2) is 66.9 Å². The second-order valence-electron chi connectivity index (χ2n) is 6.82. The van der Waals surface area contributed by atoms with Gasteiger partial charge in [-0.1, -0.05) is 37.6 Å². The highest BCUT2D eigenvalue weighted by Crippen LogP contribution is 2.16. The van der Waals surface area contributed by atoms with Crippen molar-refractivity contribution in [1.82, 2.24) is 9.47 Å². The predicted octanol–water partition coefficient (Wildman–Crippen LogP) is 5.26. The fourth-order valence-corrected chi connectivity index (χ4v) is 3.18. The number of carbonyl (C=O) groups is 1. The van der Waals surface area contributed by atoms with Gasteiger partial charge >= 0.3 is 0 Å². The molecule has 0 aliphatic heterocycles. The van der Waals surface area contributed by atoms with Gasteiger partial charge in [-0.2, -0.15) is 0 Å². The third-order valence-corrected chi connectivity index (χ3v) is 4.69. The Morgan fingerprint density at radius 3 is 2.61 bits per heavy atom. The van der Waals surface area contributed by atoms with Crippen LogP contribution in [0.1, 0.15) is 41.4 Å². The zero-order valence-corrected chi connectivity index (χ0v) is 15.9. The number of nitrogens with zero attached hydrogens (tertiary/aromatic N) is 2. The van der Waals surface area contributed by atoms with E-state index in [1.807, 2.05) is 29.0 Å². The lowest BCUT2D eigenvalue weighted by atomic mass is 10.1. The number of benzene rings is 2. The maximum Gasteiger partial charge on any atom is 0.257 e. The molecule has 0 bridgehead atoms. The highest BCUT2D eigenvalue weighted by atomic mass is 19.1. The van der Waals surface area contributed by atoms with Crippen LogP contribution in [-0.4, -0.2) is 21.9 Å². The van der Waals surface area contributed by atoms with Crippen LogP contribution in [0.3, 0.4) is 0 Å². The Bertz CT molecular complexity index is 936. The lowest BCUT2D eigenvalue weighted by Crippen LogP contribution is -2.33. The fourth-order valence-electron chi connectivity index (χ4n) is 3.18. The average molecular weight is 382 g/mol. The van der Waals surface area contributed by atoms with Crippen molar-refractivity contribution in [3.63, 3.8) is 0 Å². The lowest BCUT2D eigenvalue weighted by Gasteiger charge is -2.24. The monoisotopic (exact) mass is 382 g/mol. The van der Waals surface area contributed by atoms with E-state index in [9.17, 15) is 13.6 Å². The SMILES string of the molecule is CCCCN(Cc1cccn1Cc1cccc(F)c1)C(=O)c1ccccc1F. The summed E-state index contributed by atoms with van der Waals surface area (Å²) < 4.78 is 29.6. The smallest absolute Gasteiger partial charge is 0.257 e. The highest BCUT2D eigenvalue weighted by molar-refractivity contribution is 5.94. The number of halogens is 2. The summed E-state index contributed by atoms with van der Waals surface area (Å²) >= 11 is 0. The zero-order valence-electron chi connectivity index (χ0n) is 15.9. The number of amides is 1. The van der Waals surface area contributed by atoms with Crippen LogP contribution in [0, 0.1) is 11.6 Å². The molecule has 1 aromatic heterocycles. The van der Waals surface area contributed by atoms with E-state index < -0.39 is 5.82 Å². The number of hydrogen-bond acceptors (Lipinski definition) is 1. The van der Waals surface area contributed by atoms with Gasteiger partial charge in [0, 0.05) is 25.0 Å². The van der Waals surface area contributed by atoms with Crippen molar-refractivity contribution >= 4 is 5.91 Å². The summed E-state index contributed by atoms with van der Waals surface area (Å²) in [6, 6.07) is 16.4. The molecule has 2 aromatic carbocycles. The van der Waals surface area contributed by atoms with E-state index in [-0.39, 0.29) is 17.3 Å². The quantitative estimate of drug-likeness (QED) is 0.522. The fraction of sp³-hybridized carbons (Fsp3) is 0.261. The van der Waals surface area contributed by atoms with Crippen molar-refractivity contribution in [3.8, 4) is 0 Å². The van der Waals surface area contributed by atoms with Crippen molar-refractivity contribution in [3.05, 3.63) is 95.3 Å². The molecular weight excluding hydrogens is 358 g/mol. The topological polar surface area (TPSA) is 25.2 Å². The molecule has 28 heavy (non-hydrogen) atoms. The van der Waals surface area contributed by atoms with Crippen molar-refractivity contribution in [2.24, 2.45) is 0 Å². The Labute approximate surface area is 164 Å². The molecule has 0 unspecified atom stereocenters. The second-order valence-corrected chi connectivity index (χ2v) is 6.82. The molecule has 0 N–H and O–H groups in total. The van der Waals surface area contributed by atoms with Gasteiger partial charge in [-0.15, -0.1) is 0 Å². The summed E-state index contributed by atoms with van der Waals surface area (Å²) in [4.78, 5) is 14.6. The predicted molar refractivity (Wildman–Crippen MR) is 106 cm³/mol. The number of unbranched alkanes of at least 4 members (excludes halogenated alkanes) is 1. The standard InChI is InChI=1S/C23H24F2N2O/c1-2-3-13-27(23(28)21-11-4-5-12-22(21)25)17-20-10-7-14-26(20)16-18-8-6-9-19(24)15-18/h4-12,14-15H,2-3,13,16-17H2,1H3. The van der Waals surface area contributed by atoms with Crippen LogP contribution < -0.4 is 0 Å². The minimum atomic E-state index is -0.510. The first-order valence-corrected chi connectivity index (χ1v) is 9.50. The van der Waals surface area contributed by atoms with E-state index in [1.54, 1.807) is 23.1 Å². The summed E-state index contributed by atoms with van der Waals surface area (Å²) in [7, 11) is 0. The molecular formula is C23H24F2N2O. The van der Waals surface area contributed by atoms with Gasteiger partial charge in [0.2, 0.25) is 0 Å². The second kappa shape index (κ2) is 9.31. The molecule has 0 fully saturated rings. The molecule has 0 aliphatic rings. The van der Waals surface area contributed by atoms with Gasteiger partial charge in [0.05, 0.1) is 12.1 Å². The van der Waals surface area contributed by atoms with E-state index in [0.29, 0.717) is 19.6 Å². The molecule has 1 amide bonds. The third kappa shape index (κ3) is 4.85. The molecule has 0 radical (unpaired) electrons. The van der Waals surface area contributed by atoms with Crippen LogP contribution in [0.4, 0.5) is 8.78 Å². The number of aromatic nitrogens is 1. The Balaban J connectivity index is 1.81. The van der Waals surface area contributed by atoms with Crippen molar-refractivity contribution in [2.45, 2.75) is 32.9 Å². The third-order valence-electron chi connectivity index (χ3n) is 4.69. The summed E-state index contributed by atoms with van der Waals surface area (Å²) in [5.41, 5.74) is 1.85. The molecule has 5 heteroatoms. The van der Waals surface area contributed by atoms with Gasteiger partial charge < -0.3 is 9.47 Å². The Kier molecular flexibility index (Phi) is 6.58. The molecule has 3 rings (SSSR count). The van der Waals surface area contributed by atoms with Crippen LogP contribution in [0.25, 0.3) is 0 Å². The molecule has 0 atom stereocenters. The molecule has 0 spiro atoms. The Morgan fingerprint density at radius 2 is 1.86 bits per heavy atom. The maximum atomic E-state index is 14.1. The molecule has 1 heterocycles. The van der Waals surface area contributed by atoms with Crippen LogP contribution >= 0.6 is 0 Å². The Morgan fingerprint density at radius 1 is 1.04 bits per heavy atom. The summed E-state index contributed by atoms with van der Waals surface area (Å²) in [6.07, 6.45) is 3.68. The first kappa shape index (κ1) is 19.8. The van der Waals surface area contributed by atoms with Gasteiger partial charge in [-0.05, 0) is 48.4 Å². The largest absolute Gasteiger partial charge is 0.345 e. The normalized spacial score (nSPS) is 10.8. The molecule has 0 saturated heterocycles. The maximum absolute atomic E-state index is 14.1. The number of hydrogen-bond donors (Lipinski definition) is 0. The number of carbonyl (C=O) groups excluding carboxylic acids is 1. The minimum absolute atomic E-state index is 0.0850. The van der Waals surface area contributed by atoms with Crippen LogP contribution in [-0.2, 0) is 13.1 Å². The molecule has 3 nitrogen and oxygen atoms in total. The van der Waals surface area contributed by atoms with Gasteiger partial charge in [-0.3, -0.25) is 4.79 Å². The van der Waals surface area contributed by atoms with Crippen molar-refractivity contribution < 1.29 is 13.6 Å². The lowest BCUT2D eigenvalue weighted by molar-refractivity contribution is 0.0732. The zero-order chi connectivity index (χ0) is 19.9. The van der Waals surface area contributed by atoms with E-state index in [4.69, 9.17) is 0 Å². The molecule has 0 aliphatic carbocycles. The van der Waals surface area contributed by atoms with Crippen molar-refractivity contribution in [2.75, 3.05) is 6.54 Å². The molecule has 3 aromatic rings. The minimum Gasteiger partial charge on any atom is -0.345 e. The van der Waals surface area contributed by atoms with E-state index in [0.717, 1.165) is 24.1 Å². The highest BCUT2D eigenvalue weighted by Gasteiger charge is 2.20. The van der Waals surface area contributed by atoms with Gasteiger partial charge in [-0.25, -0.2) is 8.78 Å². The van der Waals surface area contributed by atoms with Gasteiger partial charge in [0.15, 0.2) is 0 Å². The van der Waals surface area contributed by atoms with E-state index in [1.165, 1.54) is 24.3 Å². The van der Waals surface area contributed by atoms with Gasteiger partial charge in [0.25, 0.3) is 5.91 Å². The summed E-state index contributed by atoms with van der Waals surface area (Å²) in [5, 5.41) is 0. The van der Waals surface area contributed by atoms with E-state index >= 15 is 0 Å². The van der Waals surface area contributed by atoms with Crippen molar-refractivity contribution in [1.29, 1.82) is 0 Å². The number of rotatable bonds is 8. The first-order chi connectivity index (χ1) is 13.6. The van der Waals surface area contributed by atoms with Crippen LogP contribution in [0.5, 0.6) is 0 Å².